The van der Waals surface area contributed by atoms with Crippen LogP contribution in [-0.2, 0) is 10.0 Å². The van der Waals surface area contributed by atoms with Gasteiger partial charge in [-0.25, -0.2) is 13.6 Å². The largest absolute Gasteiger partial charge is 0.325 e. The van der Waals surface area contributed by atoms with Crippen molar-refractivity contribution in [3.63, 3.8) is 0 Å². The molecule has 1 rings (SSSR count). The Kier molecular flexibility index (Phi) is 1.95. The second kappa shape index (κ2) is 2.61. The lowest BCUT2D eigenvalue weighted by molar-refractivity contribution is -0.255. The average molecular weight is 173 g/mol. The highest BCUT2D eigenvalue weighted by Gasteiger charge is 2.06. The summed E-state index contributed by atoms with van der Waals surface area (Å²) in [6, 6.07) is 6.16. The SMILES string of the molecule is NS(=O)(=O)c1cccc([NH3+])c1. The highest BCUT2D eigenvalue weighted by molar-refractivity contribution is 7.89. The van der Waals surface area contributed by atoms with Crippen molar-refractivity contribution in [2.75, 3.05) is 0 Å². The monoisotopic (exact) mass is 173 g/mol. The molecule has 60 valence electrons. The van der Waals surface area contributed by atoms with Gasteiger partial charge in [-0.3, -0.25) is 0 Å². The highest BCUT2D eigenvalue weighted by atomic mass is 32.2. The van der Waals surface area contributed by atoms with Crippen LogP contribution < -0.4 is 10.9 Å². The van der Waals surface area contributed by atoms with E-state index in [0.29, 0.717) is 5.69 Å². The van der Waals surface area contributed by atoms with Gasteiger partial charge < -0.3 is 5.73 Å². The van der Waals surface area contributed by atoms with E-state index in [1.54, 1.807) is 12.1 Å². The molecule has 0 aliphatic heterocycles. The maximum Gasteiger partial charge on any atom is 0.238 e. The van der Waals surface area contributed by atoms with Crippen molar-refractivity contribution < 1.29 is 14.2 Å². The maximum absolute atomic E-state index is 10.7. The molecule has 0 radical (unpaired) electrons. The van der Waals surface area contributed by atoms with Crippen molar-refractivity contribution in [2.45, 2.75) is 4.90 Å². The van der Waals surface area contributed by atoms with Crippen molar-refractivity contribution in [3.05, 3.63) is 24.3 Å². The molecular formula is C6H9N2O2S+. The molecule has 0 heterocycles. The van der Waals surface area contributed by atoms with Gasteiger partial charge >= 0.3 is 0 Å². The van der Waals surface area contributed by atoms with Crippen LogP contribution in [0.3, 0.4) is 0 Å². The van der Waals surface area contributed by atoms with Crippen LogP contribution >= 0.6 is 0 Å². The fraction of sp³-hybridized carbons (Fsp3) is 0. The Bertz CT molecular complexity index is 359. The molecule has 0 unspecified atom stereocenters. The van der Waals surface area contributed by atoms with E-state index in [-0.39, 0.29) is 4.90 Å². The molecule has 1 aromatic rings. The minimum absolute atomic E-state index is 0.102. The zero-order chi connectivity index (χ0) is 8.48. The van der Waals surface area contributed by atoms with Crippen LogP contribution in [0, 0.1) is 0 Å². The summed E-state index contributed by atoms with van der Waals surface area (Å²) in [5, 5.41) is 4.87. The van der Waals surface area contributed by atoms with E-state index in [2.05, 4.69) is 5.73 Å². The third-order valence-electron chi connectivity index (χ3n) is 1.23. The highest BCUT2D eigenvalue weighted by Crippen LogP contribution is 2.08. The minimum Gasteiger partial charge on any atom is -0.325 e. The lowest BCUT2D eigenvalue weighted by atomic mass is 10.3. The van der Waals surface area contributed by atoms with Crippen molar-refractivity contribution in [1.29, 1.82) is 0 Å². The zero-order valence-corrected chi connectivity index (χ0v) is 6.64. The summed E-state index contributed by atoms with van der Waals surface area (Å²) < 4.78 is 21.5. The Labute approximate surface area is 64.9 Å². The van der Waals surface area contributed by atoms with E-state index in [0.717, 1.165) is 0 Å². The van der Waals surface area contributed by atoms with Crippen LogP contribution in [0.25, 0.3) is 0 Å². The molecule has 5 heteroatoms. The number of hydrogen-bond donors (Lipinski definition) is 2. The fourth-order valence-electron chi connectivity index (χ4n) is 0.722. The zero-order valence-electron chi connectivity index (χ0n) is 5.82. The number of hydrogen-bond acceptors (Lipinski definition) is 2. The lowest BCUT2D eigenvalue weighted by Gasteiger charge is -1.95. The number of sulfonamides is 1. The molecule has 11 heavy (non-hydrogen) atoms. The van der Waals surface area contributed by atoms with Crippen LogP contribution in [0.5, 0.6) is 0 Å². The predicted octanol–water partition coefficient (Wildman–Crippen LogP) is -0.793. The first kappa shape index (κ1) is 8.19. The Morgan fingerprint density at radius 2 is 2.00 bits per heavy atom. The third kappa shape index (κ3) is 2.01. The van der Waals surface area contributed by atoms with E-state index in [1.807, 2.05) is 0 Å². The minimum atomic E-state index is -3.57. The van der Waals surface area contributed by atoms with E-state index in [4.69, 9.17) is 5.14 Å². The molecule has 0 amide bonds. The van der Waals surface area contributed by atoms with Gasteiger partial charge in [-0.1, -0.05) is 6.07 Å². The molecule has 4 nitrogen and oxygen atoms in total. The fourth-order valence-corrected chi connectivity index (χ4v) is 1.31. The van der Waals surface area contributed by atoms with E-state index in [1.165, 1.54) is 12.1 Å². The number of rotatable bonds is 1. The lowest BCUT2D eigenvalue weighted by Crippen LogP contribution is -2.40. The molecule has 0 aliphatic rings. The van der Waals surface area contributed by atoms with Crippen molar-refractivity contribution in [3.8, 4) is 0 Å². The van der Waals surface area contributed by atoms with Gasteiger partial charge in [0.15, 0.2) is 0 Å². The predicted molar refractivity (Wildman–Crippen MR) is 40.4 cm³/mol. The molecular weight excluding hydrogens is 164 g/mol. The molecule has 0 atom stereocenters. The van der Waals surface area contributed by atoms with Gasteiger partial charge in [-0.05, 0) is 12.1 Å². The Balaban J connectivity index is 3.28. The van der Waals surface area contributed by atoms with Crippen LogP contribution in [0.15, 0.2) is 29.2 Å². The first-order chi connectivity index (χ1) is 5.00. The summed E-state index contributed by atoms with van der Waals surface area (Å²) in [6.07, 6.45) is 0. The first-order valence-corrected chi connectivity index (χ1v) is 4.49. The molecule has 5 N–H and O–H groups in total. The second-order valence-corrected chi connectivity index (χ2v) is 3.75. The van der Waals surface area contributed by atoms with Gasteiger partial charge in [0.25, 0.3) is 0 Å². The average Bonchev–Trinajstić information content (AvgIpc) is 1.86. The van der Waals surface area contributed by atoms with Gasteiger partial charge in [0.05, 0.1) is 4.90 Å². The normalized spacial score (nSPS) is 11.5. The molecule has 0 aliphatic carbocycles. The summed E-state index contributed by atoms with van der Waals surface area (Å²) in [4.78, 5) is 0.102. The third-order valence-corrected chi connectivity index (χ3v) is 2.14. The van der Waals surface area contributed by atoms with Crippen molar-refractivity contribution in [2.24, 2.45) is 5.14 Å². The van der Waals surface area contributed by atoms with Gasteiger partial charge in [0, 0.05) is 6.07 Å². The summed E-state index contributed by atoms with van der Waals surface area (Å²) in [6.45, 7) is 0. The Morgan fingerprint density at radius 1 is 1.36 bits per heavy atom. The summed E-state index contributed by atoms with van der Waals surface area (Å²) >= 11 is 0. The molecule has 0 saturated heterocycles. The van der Waals surface area contributed by atoms with Crippen LogP contribution in [0.4, 0.5) is 5.69 Å². The van der Waals surface area contributed by atoms with E-state index < -0.39 is 10.0 Å². The molecule has 0 fully saturated rings. The Morgan fingerprint density at radius 3 is 2.36 bits per heavy atom. The maximum atomic E-state index is 10.7. The van der Waals surface area contributed by atoms with Gasteiger partial charge in [-0.15, -0.1) is 0 Å². The topological polar surface area (TPSA) is 87.8 Å². The smallest absolute Gasteiger partial charge is 0.238 e. The molecule has 0 aromatic heterocycles. The van der Waals surface area contributed by atoms with Gasteiger partial charge in [0.2, 0.25) is 10.0 Å². The van der Waals surface area contributed by atoms with Crippen LogP contribution in [0.2, 0.25) is 0 Å². The second-order valence-electron chi connectivity index (χ2n) is 2.19. The van der Waals surface area contributed by atoms with Crippen LogP contribution in [0.1, 0.15) is 0 Å². The summed E-state index contributed by atoms with van der Waals surface area (Å²) in [7, 11) is -3.57. The summed E-state index contributed by atoms with van der Waals surface area (Å²) in [5.74, 6) is 0. The number of quaternary nitrogens is 1. The molecule has 0 bridgehead atoms. The number of benzene rings is 1. The standard InChI is InChI=1S/C6H8N2O2S/c7-5-2-1-3-6(4-5)11(8,9)10/h1-4H,7H2,(H2,8,9,10)/p+1. The Hall–Kier alpha value is -0.910. The van der Waals surface area contributed by atoms with Crippen molar-refractivity contribution >= 4 is 15.7 Å². The quantitative estimate of drug-likeness (QED) is 0.582. The van der Waals surface area contributed by atoms with Gasteiger partial charge in [0.1, 0.15) is 5.69 Å². The number of nitrogens with two attached hydrogens (primary N) is 1. The molecule has 0 saturated carbocycles. The van der Waals surface area contributed by atoms with E-state index in [9.17, 15) is 8.42 Å². The van der Waals surface area contributed by atoms with E-state index >= 15 is 0 Å². The van der Waals surface area contributed by atoms with Gasteiger partial charge in [-0.2, -0.15) is 0 Å². The number of primary sulfonamides is 1. The van der Waals surface area contributed by atoms with Crippen LogP contribution in [-0.4, -0.2) is 8.42 Å². The summed E-state index contributed by atoms with van der Waals surface area (Å²) in [5.41, 5.74) is 4.21. The van der Waals surface area contributed by atoms with Crippen molar-refractivity contribution in [1.82, 2.24) is 0 Å². The molecule has 0 spiro atoms. The first-order valence-electron chi connectivity index (χ1n) is 2.95. The molecule has 1 aromatic carbocycles.